The second-order valence-electron chi connectivity index (χ2n) is 7.52. The lowest BCUT2D eigenvalue weighted by atomic mass is 10.0. The first kappa shape index (κ1) is 19.1. The standard InChI is InChI=1S/C22H24N4O3/c23-17-6-4-14(5-7-17)10-11-24-12-15-2-1-3-16-13-26(22(29)20(15)16)18-8-9-19(27)25-21(18)28/h1-7,18,24H,8-13,23H2,(H,25,27,28). The molecular formula is C22H24N4O3. The Bertz CT molecular complexity index is 955. The minimum atomic E-state index is -0.584. The van der Waals surface area contributed by atoms with Crippen molar-refractivity contribution in [2.24, 2.45) is 0 Å². The minimum absolute atomic E-state index is 0.134. The van der Waals surface area contributed by atoms with Gasteiger partial charge in [0.2, 0.25) is 11.8 Å². The molecule has 150 valence electrons. The van der Waals surface area contributed by atoms with Crippen molar-refractivity contribution >= 4 is 23.4 Å². The molecule has 0 aromatic heterocycles. The predicted molar refractivity (Wildman–Crippen MR) is 109 cm³/mol. The molecule has 1 fully saturated rings. The number of fused-ring (bicyclic) bond motifs is 1. The Morgan fingerprint density at radius 2 is 1.90 bits per heavy atom. The first-order chi connectivity index (χ1) is 14.0. The second-order valence-corrected chi connectivity index (χ2v) is 7.52. The second kappa shape index (κ2) is 8.05. The van der Waals surface area contributed by atoms with E-state index in [2.05, 4.69) is 10.6 Å². The summed E-state index contributed by atoms with van der Waals surface area (Å²) in [6.07, 6.45) is 1.50. The van der Waals surface area contributed by atoms with E-state index in [-0.39, 0.29) is 24.1 Å². The van der Waals surface area contributed by atoms with Gasteiger partial charge in [0.05, 0.1) is 0 Å². The van der Waals surface area contributed by atoms with E-state index in [1.54, 1.807) is 4.90 Å². The largest absolute Gasteiger partial charge is 0.399 e. The maximum absolute atomic E-state index is 13.1. The third-order valence-corrected chi connectivity index (χ3v) is 5.52. The zero-order valence-electron chi connectivity index (χ0n) is 16.1. The van der Waals surface area contributed by atoms with Gasteiger partial charge in [-0.05, 0) is 48.2 Å². The van der Waals surface area contributed by atoms with E-state index in [0.717, 1.165) is 29.8 Å². The lowest BCUT2D eigenvalue weighted by molar-refractivity contribution is -0.136. The zero-order valence-corrected chi connectivity index (χ0v) is 16.1. The quantitative estimate of drug-likeness (QED) is 0.391. The van der Waals surface area contributed by atoms with Gasteiger partial charge in [0, 0.05) is 30.8 Å². The summed E-state index contributed by atoms with van der Waals surface area (Å²) < 4.78 is 0. The summed E-state index contributed by atoms with van der Waals surface area (Å²) in [6.45, 7) is 1.76. The molecule has 4 N–H and O–H groups in total. The molecule has 0 bridgehead atoms. The highest BCUT2D eigenvalue weighted by atomic mass is 16.2. The van der Waals surface area contributed by atoms with Gasteiger partial charge >= 0.3 is 0 Å². The van der Waals surface area contributed by atoms with E-state index in [9.17, 15) is 14.4 Å². The number of amides is 3. The molecule has 3 amide bonds. The van der Waals surface area contributed by atoms with Crippen LogP contribution in [0.2, 0.25) is 0 Å². The molecule has 2 aliphatic heterocycles. The number of carbonyl (C=O) groups is 3. The molecule has 0 spiro atoms. The van der Waals surface area contributed by atoms with Crippen molar-refractivity contribution in [2.45, 2.75) is 38.4 Å². The van der Waals surface area contributed by atoms with Crippen LogP contribution in [0.25, 0.3) is 0 Å². The number of nitrogens with one attached hydrogen (secondary N) is 2. The summed E-state index contributed by atoms with van der Waals surface area (Å²) in [5.41, 5.74) is 10.2. The summed E-state index contributed by atoms with van der Waals surface area (Å²) in [6, 6.07) is 13.0. The molecule has 2 aromatic rings. The molecule has 1 atom stereocenters. The highest BCUT2D eigenvalue weighted by molar-refractivity contribution is 6.05. The smallest absolute Gasteiger partial charge is 0.255 e. The molecule has 0 aliphatic carbocycles. The van der Waals surface area contributed by atoms with Gasteiger partial charge in [-0.2, -0.15) is 0 Å². The van der Waals surface area contributed by atoms with Crippen molar-refractivity contribution in [2.75, 3.05) is 12.3 Å². The number of anilines is 1. The van der Waals surface area contributed by atoms with Crippen LogP contribution in [0.5, 0.6) is 0 Å². The van der Waals surface area contributed by atoms with Crippen molar-refractivity contribution in [3.63, 3.8) is 0 Å². The molecule has 1 saturated heterocycles. The lowest BCUT2D eigenvalue weighted by Crippen LogP contribution is -2.52. The van der Waals surface area contributed by atoms with Crippen LogP contribution in [-0.2, 0) is 29.1 Å². The molecule has 29 heavy (non-hydrogen) atoms. The first-order valence-corrected chi connectivity index (χ1v) is 9.83. The highest BCUT2D eigenvalue weighted by Crippen LogP contribution is 2.29. The Labute approximate surface area is 169 Å². The lowest BCUT2D eigenvalue weighted by Gasteiger charge is -2.29. The Morgan fingerprint density at radius 3 is 2.66 bits per heavy atom. The van der Waals surface area contributed by atoms with Gasteiger partial charge in [0.1, 0.15) is 6.04 Å². The van der Waals surface area contributed by atoms with Crippen LogP contribution >= 0.6 is 0 Å². The average molecular weight is 392 g/mol. The SMILES string of the molecule is Nc1ccc(CCNCc2cccc3c2C(=O)N(C2CCC(=O)NC2=O)C3)cc1. The van der Waals surface area contributed by atoms with Gasteiger partial charge in [-0.1, -0.05) is 30.3 Å². The summed E-state index contributed by atoms with van der Waals surface area (Å²) >= 11 is 0. The van der Waals surface area contributed by atoms with Crippen LogP contribution in [0.3, 0.4) is 0 Å². The third-order valence-electron chi connectivity index (χ3n) is 5.52. The molecule has 2 heterocycles. The molecule has 4 rings (SSSR count). The minimum Gasteiger partial charge on any atom is -0.399 e. The van der Waals surface area contributed by atoms with Gasteiger partial charge in [-0.3, -0.25) is 19.7 Å². The van der Waals surface area contributed by atoms with Gasteiger partial charge in [0.25, 0.3) is 5.91 Å². The summed E-state index contributed by atoms with van der Waals surface area (Å²) in [5, 5.41) is 5.74. The van der Waals surface area contributed by atoms with E-state index < -0.39 is 6.04 Å². The number of nitrogens with two attached hydrogens (primary N) is 1. The van der Waals surface area contributed by atoms with Crippen molar-refractivity contribution < 1.29 is 14.4 Å². The molecule has 7 heteroatoms. The zero-order chi connectivity index (χ0) is 20.4. The van der Waals surface area contributed by atoms with Gasteiger partial charge in [0.15, 0.2) is 0 Å². The molecule has 2 aromatic carbocycles. The maximum Gasteiger partial charge on any atom is 0.255 e. The van der Waals surface area contributed by atoms with Crippen LogP contribution in [0.15, 0.2) is 42.5 Å². The number of hydrogen-bond acceptors (Lipinski definition) is 5. The van der Waals surface area contributed by atoms with Crippen molar-refractivity contribution in [1.82, 2.24) is 15.5 Å². The molecule has 7 nitrogen and oxygen atoms in total. The fraction of sp³-hybridized carbons (Fsp3) is 0.318. The third kappa shape index (κ3) is 4.00. The Balaban J connectivity index is 1.40. The van der Waals surface area contributed by atoms with E-state index in [1.807, 2.05) is 42.5 Å². The van der Waals surface area contributed by atoms with Gasteiger partial charge in [-0.25, -0.2) is 0 Å². The van der Waals surface area contributed by atoms with E-state index in [0.29, 0.717) is 25.1 Å². The normalized spacial score (nSPS) is 18.7. The maximum atomic E-state index is 13.1. The molecule has 0 saturated carbocycles. The van der Waals surface area contributed by atoms with Crippen molar-refractivity contribution in [1.29, 1.82) is 0 Å². The number of rotatable bonds is 6. The van der Waals surface area contributed by atoms with Crippen LogP contribution in [0, 0.1) is 0 Å². The van der Waals surface area contributed by atoms with Crippen LogP contribution in [-0.4, -0.2) is 35.2 Å². The van der Waals surface area contributed by atoms with E-state index >= 15 is 0 Å². The summed E-state index contributed by atoms with van der Waals surface area (Å²) in [5.74, 6) is -0.794. The number of nitrogens with zero attached hydrogens (tertiary/aromatic N) is 1. The Morgan fingerprint density at radius 1 is 1.10 bits per heavy atom. The Kier molecular flexibility index (Phi) is 5.31. The fourth-order valence-corrected chi connectivity index (χ4v) is 3.98. The molecule has 2 aliphatic rings. The average Bonchev–Trinajstić information content (AvgIpc) is 3.04. The predicted octanol–water partition coefficient (Wildman–Crippen LogP) is 1.36. The number of benzene rings is 2. The van der Waals surface area contributed by atoms with E-state index in [4.69, 9.17) is 5.73 Å². The fourth-order valence-electron chi connectivity index (χ4n) is 3.98. The van der Waals surface area contributed by atoms with Crippen molar-refractivity contribution in [3.8, 4) is 0 Å². The molecular weight excluding hydrogens is 368 g/mol. The van der Waals surface area contributed by atoms with Crippen molar-refractivity contribution in [3.05, 3.63) is 64.7 Å². The number of hydrogen-bond donors (Lipinski definition) is 3. The Hall–Kier alpha value is -3.19. The van der Waals surface area contributed by atoms with Gasteiger partial charge in [-0.15, -0.1) is 0 Å². The number of imide groups is 1. The number of carbonyl (C=O) groups excluding carboxylic acids is 3. The monoisotopic (exact) mass is 392 g/mol. The van der Waals surface area contributed by atoms with Crippen LogP contribution < -0.4 is 16.4 Å². The first-order valence-electron chi connectivity index (χ1n) is 9.83. The molecule has 0 radical (unpaired) electrons. The number of piperidine rings is 1. The van der Waals surface area contributed by atoms with Crippen LogP contribution in [0.4, 0.5) is 5.69 Å². The highest BCUT2D eigenvalue weighted by Gasteiger charge is 2.39. The molecule has 1 unspecified atom stereocenters. The topological polar surface area (TPSA) is 105 Å². The summed E-state index contributed by atoms with van der Waals surface area (Å²) in [4.78, 5) is 38.2. The van der Waals surface area contributed by atoms with E-state index in [1.165, 1.54) is 5.56 Å². The summed E-state index contributed by atoms with van der Waals surface area (Å²) in [7, 11) is 0. The van der Waals surface area contributed by atoms with Crippen LogP contribution in [0.1, 0.15) is 39.9 Å². The van der Waals surface area contributed by atoms with Gasteiger partial charge < -0.3 is 16.0 Å². The number of nitrogen functional groups attached to an aromatic ring is 1.